The molecule has 0 unspecified atom stereocenters. The van der Waals surface area contributed by atoms with E-state index < -0.39 is 192 Å². The standard InChI is InChI=1S/C66H111N17O17/c1-31(2)23-41(55(88)76-45(28-50(69)86)59(92)81-53(38(14)84)65(98)83-22-16-17-47(83)60(93)78-46(66(99)100)26-34(7)8)73-54(87)37(13)72-62(95)51(35(9)10)79-58(91)43(25-33(5)6)74-57(90)44(27-39-29-70-30-71-39)75-56(89)42(24-32(3)4)77-63(96)52(36(11)12)80-61(94)48-18-15-21-82(48)64(97)40(67)19-20-49(68)85/h29-38,40-48,51-53,84H,15-28,67H2,1-14H3,(H2,68,85)(H2,69,86)(H,70,71)(H,72,95)(H,73,87)(H,74,90)(H,75,89)(H,76,88)(H,77,96)(H,78,93)(H,79,91)(H,80,94)(H,81,92)(H,99,100)/t37-,38+,40-,41-,42-,43-,44-,45-,46-,47-,48-,51-,52-,53-/m0/s1. The molecule has 19 N–H and O–H groups in total. The van der Waals surface area contributed by atoms with E-state index in [2.05, 4.69) is 63.1 Å². The van der Waals surface area contributed by atoms with Crippen molar-refractivity contribution >= 4 is 88.7 Å². The quantitative estimate of drug-likeness (QED) is 0.0316. The van der Waals surface area contributed by atoms with Crippen LogP contribution in [-0.4, -0.2) is 216 Å². The van der Waals surface area contributed by atoms with E-state index in [0.29, 0.717) is 18.5 Å². The Morgan fingerprint density at radius 3 is 1.34 bits per heavy atom. The normalized spacial score (nSPS) is 18.2. The lowest BCUT2D eigenvalue weighted by atomic mass is 9.98. The number of carboxylic acid groups (broad SMARTS) is 1. The Balaban J connectivity index is 1.80. The van der Waals surface area contributed by atoms with Crippen LogP contribution in [0.1, 0.15) is 173 Å². The topological polar surface area (TPSA) is 530 Å². The van der Waals surface area contributed by atoms with E-state index in [9.17, 15) is 82.1 Å². The number of aromatic amines is 1. The van der Waals surface area contributed by atoms with Crippen LogP contribution in [0.25, 0.3) is 0 Å². The predicted octanol–water partition coefficient (Wildman–Crippen LogP) is -2.77. The Bertz CT molecular complexity index is 3010. The lowest BCUT2D eigenvalue weighted by Gasteiger charge is -2.31. The fourth-order valence-electron chi connectivity index (χ4n) is 11.7. The van der Waals surface area contributed by atoms with Gasteiger partial charge in [-0.15, -0.1) is 0 Å². The first-order chi connectivity index (χ1) is 46.6. The van der Waals surface area contributed by atoms with Gasteiger partial charge in [0.15, 0.2) is 0 Å². The fraction of sp³-hybridized carbons (Fsp3) is 0.727. The van der Waals surface area contributed by atoms with Gasteiger partial charge < -0.3 is 95.4 Å². The van der Waals surface area contributed by atoms with Crippen LogP contribution >= 0.6 is 0 Å². The van der Waals surface area contributed by atoms with Crippen LogP contribution in [-0.2, 0) is 78.3 Å². The van der Waals surface area contributed by atoms with Gasteiger partial charge in [0.2, 0.25) is 82.7 Å². The van der Waals surface area contributed by atoms with Crippen LogP contribution in [0.3, 0.4) is 0 Å². The summed E-state index contributed by atoms with van der Waals surface area (Å²) in [6.45, 7) is 23.5. The third kappa shape index (κ3) is 27.4. The zero-order valence-electron chi connectivity index (χ0n) is 60.2. The smallest absolute Gasteiger partial charge is 0.326 e. The summed E-state index contributed by atoms with van der Waals surface area (Å²) in [7, 11) is 0. The van der Waals surface area contributed by atoms with Crippen molar-refractivity contribution in [3.05, 3.63) is 18.2 Å². The van der Waals surface area contributed by atoms with Crippen molar-refractivity contribution in [2.24, 2.45) is 52.7 Å². The molecule has 0 aliphatic carbocycles. The van der Waals surface area contributed by atoms with Crippen molar-refractivity contribution in [3.8, 4) is 0 Å². The zero-order valence-corrected chi connectivity index (χ0v) is 60.2. The van der Waals surface area contributed by atoms with Crippen LogP contribution < -0.4 is 70.4 Å². The summed E-state index contributed by atoms with van der Waals surface area (Å²) >= 11 is 0. The number of imidazole rings is 1. The Hall–Kier alpha value is -8.82. The van der Waals surface area contributed by atoms with Crippen molar-refractivity contribution < 1.29 is 82.1 Å². The van der Waals surface area contributed by atoms with E-state index in [1.165, 1.54) is 31.3 Å². The number of aliphatic carboxylic acids is 1. The number of aliphatic hydroxyl groups excluding tert-OH is 1. The van der Waals surface area contributed by atoms with Gasteiger partial charge in [0, 0.05) is 37.8 Å². The monoisotopic (exact) mass is 1410 g/mol. The average molecular weight is 1410 g/mol. The molecule has 0 saturated carbocycles. The molecule has 14 atom stereocenters. The van der Waals surface area contributed by atoms with Crippen LogP contribution in [0.4, 0.5) is 0 Å². The lowest BCUT2D eigenvalue weighted by Crippen LogP contribution is -2.62. The number of rotatable bonds is 41. The van der Waals surface area contributed by atoms with Gasteiger partial charge >= 0.3 is 5.97 Å². The van der Waals surface area contributed by atoms with E-state index >= 15 is 0 Å². The van der Waals surface area contributed by atoms with Gasteiger partial charge in [-0.1, -0.05) is 83.1 Å². The minimum absolute atomic E-state index is 0.00919. The van der Waals surface area contributed by atoms with Crippen molar-refractivity contribution in [2.45, 2.75) is 259 Å². The maximum atomic E-state index is 14.6. The highest BCUT2D eigenvalue weighted by atomic mass is 16.4. The number of carboxylic acids is 1. The Morgan fingerprint density at radius 2 is 0.890 bits per heavy atom. The second kappa shape index (κ2) is 40.4. The van der Waals surface area contributed by atoms with Gasteiger partial charge in [-0.3, -0.25) is 67.1 Å². The maximum absolute atomic E-state index is 14.6. The minimum Gasteiger partial charge on any atom is -0.480 e. The molecule has 34 nitrogen and oxygen atoms in total. The van der Waals surface area contributed by atoms with Crippen LogP contribution in [0.2, 0.25) is 0 Å². The number of nitrogens with zero attached hydrogens (tertiary/aromatic N) is 3. The molecule has 34 heteroatoms. The van der Waals surface area contributed by atoms with Crippen molar-refractivity contribution in [1.82, 2.24) is 72.9 Å². The van der Waals surface area contributed by atoms with E-state index in [1.54, 1.807) is 83.1 Å². The second-order valence-corrected chi connectivity index (χ2v) is 28.6. The predicted molar refractivity (Wildman–Crippen MR) is 364 cm³/mol. The molecular formula is C66H111N17O17. The van der Waals surface area contributed by atoms with Gasteiger partial charge in [-0.25, -0.2) is 9.78 Å². The summed E-state index contributed by atoms with van der Waals surface area (Å²) < 4.78 is 0. The molecule has 100 heavy (non-hydrogen) atoms. The molecule has 2 fully saturated rings. The number of likely N-dealkylation sites (tertiary alicyclic amines) is 2. The van der Waals surface area contributed by atoms with Gasteiger partial charge in [-0.2, -0.15) is 0 Å². The van der Waals surface area contributed by atoms with E-state index in [4.69, 9.17) is 17.2 Å². The minimum atomic E-state index is -1.78. The maximum Gasteiger partial charge on any atom is 0.326 e. The number of H-pyrrole nitrogens is 1. The molecular weight excluding hydrogens is 1300 g/mol. The van der Waals surface area contributed by atoms with Crippen molar-refractivity contribution in [1.29, 1.82) is 0 Å². The molecule has 2 aliphatic heterocycles. The Morgan fingerprint density at radius 1 is 0.490 bits per heavy atom. The number of hydrogen-bond acceptors (Lipinski definition) is 18. The number of aliphatic hydroxyl groups is 1. The van der Waals surface area contributed by atoms with Crippen molar-refractivity contribution in [3.63, 3.8) is 0 Å². The fourth-order valence-corrected chi connectivity index (χ4v) is 11.7. The molecule has 3 heterocycles. The van der Waals surface area contributed by atoms with E-state index in [1.807, 2.05) is 0 Å². The summed E-state index contributed by atoms with van der Waals surface area (Å²) in [5.74, 6) is -14.9. The summed E-state index contributed by atoms with van der Waals surface area (Å²) in [6.07, 6.45) is 1.37. The molecule has 562 valence electrons. The number of nitrogens with one attached hydrogen (secondary N) is 11. The number of primary amides is 2. The first kappa shape index (κ1) is 85.4. The molecule has 1 aromatic heterocycles. The highest BCUT2D eigenvalue weighted by Crippen LogP contribution is 2.23. The SMILES string of the molecule is CC(C)C[C@H](NC(=O)[C@@H]1CCCN1C(=O)[C@@H](NC(=O)[C@H](CC(N)=O)NC(=O)[C@H](CC(C)C)NC(=O)[C@H](C)NC(=O)[C@@H](NC(=O)[C@H](CC(C)C)NC(=O)[C@H](Cc1cnc[nH]1)NC(=O)[C@H](CC(C)C)NC(=O)[C@@H](NC(=O)[C@@H]1CCCN1C(=O)[C@@H](N)CCC(N)=O)C(C)C)C(C)C)[C@@H](C)O)C(=O)O. The summed E-state index contributed by atoms with van der Waals surface area (Å²) in [4.78, 5) is 213. The highest BCUT2D eigenvalue weighted by molar-refractivity contribution is 6.01. The van der Waals surface area contributed by atoms with Gasteiger partial charge in [-0.05, 0) is 107 Å². The Labute approximate surface area is 584 Å². The number of nitrogens with two attached hydrogens (primary N) is 3. The third-order valence-corrected chi connectivity index (χ3v) is 17.0. The summed E-state index contributed by atoms with van der Waals surface area (Å²) in [6, 6.07) is -17.4. The molecule has 0 radical (unpaired) electrons. The van der Waals surface area contributed by atoms with E-state index in [-0.39, 0.29) is 94.5 Å². The number of amides is 14. The van der Waals surface area contributed by atoms with Crippen LogP contribution in [0.5, 0.6) is 0 Å². The molecule has 0 aromatic carbocycles. The summed E-state index contributed by atoms with van der Waals surface area (Å²) in [5.41, 5.74) is 17.2. The van der Waals surface area contributed by atoms with E-state index in [0.717, 1.165) is 4.90 Å². The largest absolute Gasteiger partial charge is 0.480 e. The molecule has 2 saturated heterocycles. The van der Waals surface area contributed by atoms with Gasteiger partial charge in [0.05, 0.1) is 24.9 Å². The van der Waals surface area contributed by atoms with Crippen LogP contribution in [0, 0.1) is 35.5 Å². The first-order valence-electron chi connectivity index (χ1n) is 34.5. The van der Waals surface area contributed by atoms with Gasteiger partial charge in [0.1, 0.15) is 72.5 Å². The number of carbonyl (C=O) groups excluding carboxylic acids is 14. The average Bonchev–Trinajstić information content (AvgIpc) is 1.52. The third-order valence-electron chi connectivity index (χ3n) is 17.0. The molecule has 1 aromatic rings. The second-order valence-electron chi connectivity index (χ2n) is 28.6. The molecule has 0 bridgehead atoms. The molecule has 0 spiro atoms. The molecule has 3 rings (SSSR count). The van der Waals surface area contributed by atoms with Gasteiger partial charge in [0.25, 0.3) is 0 Å². The summed E-state index contributed by atoms with van der Waals surface area (Å²) in [5, 5.41) is 46.6. The number of carbonyl (C=O) groups is 15. The Kier molecular flexibility index (Phi) is 34.5. The first-order valence-corrected chi connectivity index (χ1v) is 34.5. The van der Waals surface area contributed by atoms with Crippen molar-refractivity contribution in [2.75, 3.05) is 13.1 Å². The highest BCUT2D eigenvalue weighted by Gasteiger charge is 2.44. The number of aromatic nitrogens is 2. The molecule has 2 aliphatic rings. The van der Waals surface area contributed by atoms with Crippen LogP contribution in [0.15, 0.2) is 12.5 Å². The zero-order chi connectivity index (χ0) is 75.7. The number of hydrogen-bond donors (Lipinski definition) is 16. The lowest BCUT2D eigenvalue weighted by molar-refractivity contribution is -0.146. The molecule has 14 amide bonds.